The maximum atomic E-state index is 6.30. The molecule has 26 heavy (non-hydrogen) atoms. The fourth-order valence-corrected chi connectivity index (χ4v) is 3.46. The highest BCUT2D eigenvalue weighted by molar-refractivity contribution is 6.33. The van der Waals surface area contributed by atoms with E-state index in [9.17, 15) is 0 Å². The molecule has 0 radical (unpaired) electrons. The van der Waals surface area contributed by atoms with Crippen LogP contribution >= 0.6 is 23.2 Å². The molecule has 0 saturated carbocycles. The molecule has 134 valence electrons. The fraction of sp³-hybridized carbons (Fsp3) is 0.263. The molecule has 2 aromatic carbocycles. The minimum atomic E-state index is 0.589. The summed E-state index contributed by atoms with van der Waals surface area (Å²) in [5, 5.41) is 5.56. The SMILES string of the molecule is Clc1ccc(-c2noc(CN3CCN(c4ccccc4Cl)CC3)n2)cc1. The zero-order valence-electron chi connectivity index (χ0n) is 14.1. The van der Waals surface area contributed by atoms with Gasteiger partial charge in [-0.1, -0.05) is 40.5 Å². The van der Waals surface area contributed by atoms with Gasteiger partial charge in [0.25, 0.3) is 0 Å². The van der Waals surface area contributed by atoms with Gasteiger partial charge in [0, 0.05) is 36.8 Å². The molecule has 1 saturated heterocycles. The van der Waals surface area contributed by atoms with Crippen LogP contribution < -0.4 is 4.90 Å². The van der Waals surface area contributed by atoms with Crippen LogP contribution in [0.4, 0.5) is 5.69 Å². The molecule has 0 atom stereocenters. The van der Waals surface area contributed by atoms with E-state index in [2.05, 4.69) is 26.0 Å². The van der Waals surface area contributed by atoms with E-state index in [1.165, 1.54) is 0 Å². The van der Waals surface area contributed by atoms with E-state index in [0.29, 0.717) is 23.3 Å². The maximum Gasteiger partial charge on any atom is 0.241 e. The van der Waals surface area contributed by atoms with Crippen LogP contribution in [0, 0.1) is 0 Å². The molecule has 0 N–H and O–H groups in total. The molecule has 0 spiro atoms. The summed E-state index contributed by atoms with van der Waals surface area (Å²) in [6.45, 7) is 4.33. The normalized spacial score (nSPS) is 15.4. The summed E-state index contributed by atoms with van der Waals surface area (Å²) < 4.78 is 5.41. The smallest absolute Gasteiger partial charge is 0.241 e. The molecule has 0 amide bonds. The molecule has 1 fully saturated rings. The van der Waals surface area contributed by atoms with E-state index >= 15 is 0 Å². The number of hydrogen-bond donors (Lipinski definition) is 0. The first-order valence-corrected chi connectivity index (χ1v) is 9.25. The van der Waals surface area contributed by atoms with Gasteiger partial charge < -0.3 is 9.42 Å². The molecule has 1 aliphatic heterocycles. The second-order valence-electron chi connectivity index (χ2n) is 6.23. The van der Waals surface area contributed by atoms with E-state index in [1.54, 1.807) is 0 Å². The Morgan fingerprint density at radius 3 is 2.38 bits per heavy atom. The number of rotatable bonds is 4. The first kappa shape index (κ1) is 17.3. The number of nitrogens with zero attached hydrogens (tertiary/aromatic N) is 4. The Bertz CT molecular complexity index is 873. The van der Waals surface area contributed by atoms with Crippen molar-refractivity contribution < 1.29 is 4.52 Å². The van der Waals surface area contributed by atoms with Gasteiger partial charge in [0.15, 0.2) is 0 Å². The Hall–Kier alpha value is -2.08. The number of aromatic nitrogens is 2. The molecule has 0 unspecified atom stereocenters. The molecule has 7 heteroatoms. The van der Waals surface area contributed by atoms with Crippen LogP contribution in [0.25, 0.3) is 11.4 Å². The van der Waals surface area contributed by atoms with Crippen LogP contribution in [0.15, 0.2) is 53.1 Å². The second kappa shape index (κ2) is 7.66. The highest BCUT2D eigenvalue weighted by atomic mass is 35.5. The van der Waals surface area contributed by atoms with Crippen LogP contribution in [0.3, 0.4) is 0 Å². The number of halogens is 2. The average Bonchev–Trinajstić information content (AvgIpc) is 3.12. The number of benzene rings is 2. The lowest BCUT2D eigenvalue weighted by molar-refractivity contribution is 0.215. The molecular formula is C19H18Cl2N4O. The third-order valence-electron chi connectivity index (χ3n) is 4.49. The van der Waals surface area contributed by atoms with Crippen molar-refractivity contribution in [3.8, 4) is 11.4 Å². The summed E-state index contributed by atoms with van der Waals surface area (Å²) >= 11 is 12.2. The van der Waals surface area contributed by atoms with Crippen LogP contribution in [-0.2, 0) is 6.54 Å². The number of piperazine rings is 1. The predicted molar refractivity (Wildman–Crippen MR) is 104 cm³/mol. The molecule has 4 rings (SSSR count). The predicted octanol–water partition coefficient (Wildman–Crippen LogP) is 4.37. The Labute approximate surface area is 162 Å². The number of para-hydroxylation sites is 1. The minimum absolute atomic E-state index is 0.589. The molecule has 0 bridgehead atoms. The van der Waals surface area contributed by atoms with Gasteiger partial charge >= 0.3 is 0 Å². The van der Waals surface area contributed by atoms with Crippen LogP contribution in [0.5, 0.6) is 0 Å². The van der Waals surface area contributed by atoms with Crippen molar-refractivity contribution in [1.82, 2.24) is 15.0 Å². The van der Waals surface area contributed by atoms with E-state index < -0.39 is 0 Å². The van der Waals surface area contributed by atoms with E-state index in [4.69, 9.17) is 27.7 Å². The third kappa shape index (κ3) is 3.85. The molecule has 3 aromatic rings. The third-order valence-corrected chi connectivity index (χ3v) is 5.07. The van der Waals surface area contributed by atoms with Crippen LogP contribution in [-0.4, -0.2) is 41.2 Å². The standard InChI is InChI=1S/C19H18Cl2N4O/c20-15-7-5-14(6-8-15)19-22-18(26-23-19)13-24-9-11-25(12-10-24)17-4-2-1-3-16(17)21/h1-8H,9-13H2. The zero-order chi connectivity index (χ0) is 17.9. The monoisotopic (exact) mass is 388 g/mol. The maximum absolute atomic E-state index is 6.30. The van der Waals surface area contributed by atoms with Crippen molar-refractivity contribution in [1.29, 1.82) is 0 Å². The molecule has 1 aliphatic rings. The van der Waals surface area contributed by atoms with Crippen molar-refractivity contribution in [2.75, 3.05) is 31.1 Å². The lowest BCUT2D eigenvalue weighted by Gasteiger charge is -2.35. The van der Waals surface area contributed by atoms with Gasteiger partial charge in [-0.15, -0.1) is 0 Å². The summed E-state index contributed by atoms with van der Waals surface area (Å²) in [6.07, 6.45) is 0. The molecule has 2 heterocycles. The number of anilines is 1. The summed E-state index contributed by atoms with van der Waals surface area (Å²) in [6, 6.07) is 15.4. The highest BCUT2D eigenvalue weighted by Crippen LogP contribution is 2.26. The van der Waals surface area contributed by atoms with E-state index in [1.807, 2.05) is 42.5 Å². The largest absolute Gasteiger partial charge is 0.368 e. The van der Waals surface area contributed by atoms with E-state index in [0.717, 1.165) is 42.5 Å². The van der Waals surface area contributed by atoms with Gasteiger partial charge in [0.1, 0.15) is 0 Å². The van der Waals surface area contributed by atoms with Crippen molar-refractivity contribution >= 4 is 28.9 Å². The quantitative estimate of drug-likeness (QED) is 0.663. The van der Waals surface area contributed by atoms with Crippen molar-refractivity contribution in [3.63, 3.8) is 0 Å². The Balaban J connectivity index is 1.36. The minimum Gasteiger partial charge on any atom is -0.368 e. The van der Waals surface area contributed by atoms with Crippen LogP contribution in [0.1, 0.15) is 5.89 Å². The van der Waals surface area contributed by atoms with Gasteiger partial charge in [-0.25, -0.2) is 0 Å². The van der Waals surface area contributed by atoms with Gasteiger partial charge in [-0.2, -0.15) is 4.98 Å². The Morgan fingerprint density at radius 1 is 0.923 bits per heavy atom. The molecular weight excluding hydrogens is 371 g/mol. The lowest BCUT2D eigenvalue weighted by atomic mass is 10.2. The van der Waals surface area contributed by atoms with Crippen molar-refractivity contribution in [2.24, 2.45) is 0 Å². The molecule has 1 aromatic heterocycles. The fourth-order valence-electron chi connectivity index (χ4n) is 3.08. The first-order chi connectivity index (χ1) is 12.7. The van der Waals surface area contributed by atoms with Gasteiger partial charge in [0.05, 0.1) is 17.3 Å². The van der Waals surface area contributed by atoms with E-state index in [-0.39, 0.29) is 0 Å². The summed E-state index contributed by atoms with van der Waals surface area (Å²) in [5.41, 5.74) is 1.99. The van der Waals surface area contributed by atoms with Gasteiger partial charge in [0.2, 0.25) is 11.7 Å². The van der Waals surface area contributed by atoms with Crippen LogP contribution in [0.2, 0.25) is 10.0 Å². The second-order valence-corrected chi connectivity index (χ2v) is 7.08. The summed E-state index contributed by atoms with van der Waals surface area (Å²) in [4.78, 5) is 9.12. The topological polar surface area (TPSA) is 45.4 Å². The van der Waals surface area contributed by atoms with Crippen molar-refractivity contribution in [2.45, 2.75) is 6.54 Å². The first-order valence-electron chi connectivity index (χ1n) is 8.49. The summed E-state index contributed by atoms with van der Waals surface area (Å²) in [7, 11) is 0. The molecule has 5 nitrogen and oxygen atoms in total. The molecule has 0 aliphatic carbocycles. The average molecular weight is 389 g/mol. The highest BCUT2D eigenvalue weighted by Gasteiger charge is 2.20. The Morgan fingerprint density at radius 2 is 1.65 bits per heavy atom. The lowest BCUT2D eigenvalue weighted by Crippen LogP contribution is -2.46. The Kier molecular flexibility index (Phi) is 5.11. The zero-order valence-corrected chi connectivity index (χ0v) is 15.6. The van der Waals surface area contributed by atoms with Crippen molar-refractivity contribution in [3.05, 3.63) is 64.5 Å². The van der Waals surface area contributed by atoms with Gasteiger partial charge in [-0.3, -0.25) is 4.90 Å². The summed E-state index contributed by atoms with van der Waals surface area (Å²) in [5.74, 6) is 1.22. The number of hydrogen-bond acceptors (Lipinski definition) is 5. The van der Waals surface area contributed by atoms with Gasteiger partial charge in [-0.05, 0) is 36.4 Å².